The fraction of sp³-hybridized carbons (Fsp3) is 0.615. The number of halogens is 1. The van der Waals surface area contributed by atoms with E-state index in [1.807, 2.05) is 53.1 Å². The van der Waals surface area contributed by atoms with Gasteiger partial charge in [-0.3, -0.25) is 14.5 Å². The number of ether oxygens (including phenoxy) is 4. The molecule has 4 aliphatic rings. The monoisotopic (exact) mass is 797 g/mol. The van der Waals surface area contributed by atoms with Crippen LogP contribution in [0.3, 0.4) is 0 Å². The number of amides is 3. The Balaban J connectivity index is 1.15. The molecule has 2 saturated heterocycles. The summed E-state index contributed by atoms with van der Waals surface area (Å²) in [5, 5.41) is 9.75. The van der Waals surface area contributed by atoms with Crippen molar-refractivity contribution in [3.63, 3.8) is 0 Å². The van der Waals surface area contributed by atoms with Gasteiger partial charge < -0.3 is 40.2 Å². The summed E-state index contributed by atoms with van der Waals surface area (Å²) in [5.74, 6) is 1.11. The third-order valence-corrected chi connectivity index (χ3v) is 12.1. The summed E-state index contributed by atoms with van der Waals surface area (Å²) in [6.45, 7) is 12.2. The van der Waals surface area contributed by atoms with E-state index in [9.17, 15) is 14.4 Å². The van der Waals surface area contributed by atoms with Crippen LogP contribution in [0, 0.1) is 17.3 Å². The van der Waals surface area contributed by atoms with E-state index in [1.54, 1.807) is 12.1 Å². The molecule has 0 spiro atoms. The third kappa shape index (κ3) is 8.90. The summed E-state index contributed by atoms with van der Waals surface area (Å²) in [6, 6.07) is 3.77. The predicted molar refractivity (Wildman–Crippen MR) is 211 cm³/mol. The van der Waals surface area contributed by atoms with Crippen molar-refractivity contribution in [2.45, 2.75) is 96.7 Å². The molecule has 16 heteroatoms. The summed E-state index contributed by atoms with van der Waals surface area (Å²) in [4.78, 5) is 53.6. The minimum absolute atomic E-state index is 0.0615. The van der Waals surface area contributed by atoms with Gasteiger partial charge in [0.25, 0.3) is 0 Å². The summed E-state index contributed by atoms with van der Waals surface area (Å²) >= 11 is 8.51. The Morgan fingerprint density at radius 2 is 1.84 bits per heavy atom. The standard InChI is InChI=1S/C39H52ClN7O7S/c1-20(2)42-37-44-28(19-55-37)27-15-31(26-7-8-30(32(40)33(26)43-27)52-18-23-17-51-10-9-46(23)6)53-25-14-29(35(41)48)47(16-25)36(49)34(39(3,4)5)45-38(50)54-24-12-21-11-22(21)13-24/h7-8,15,19-25,29,34H,9-14,16-18H2,1-6H3,(H2,41,48)(H,42,44)(H,45,50)/t21-,22?,23-,24?,25-,29+,34-/m1/s1. The number of fused-ring (bicyclic) bond motifs is 2. The van der Waals surface area contributed by atoms with E-state index in [2.05, 4.69) is 15.5 Å². The first kappa shape index (κ1) is 39.3. The first-order chi connectivity index (χ1) is 26.1. The van der Waals surface area contributed by atoms with Crippen molar-refractivity contribution in [1.29, 1.82) is 0 Å². The Bertz CT molecular complexity index is 1910. The molecule has 2 aromatic heterocycles. The van der Waals surface area contributed by atoms with Crippen LogP contribution in [0.25, 0.3) is 22.3 Å². The molecule has 0 bridgehead atoms. The van der Waals surface area contributed by atoms with Crippen LogP contribution in [0.5, 0.6) is 11.5 Å². The predicted octanol–water partition coefficient (Wildman–Crippen LogP) is 5.31. The van der Waals surface area contributed by atoms with Gasteiger partial charge in [-0.05, 0) is 69.5 Å². The second-order valence-corrected chi connectivity index (χ2v) is 18.0. The number of hydrogen-bond acceptors (Lipinski definition) is 12. The zero-order valence-electron chi connectivity index (χ0n) is 32.3. The van der Waals surface area contributed by atoms with Gasteiger partial charge in [0.15, 0.2) is 5.13 Å². The quantitative estimate of drug-likeness (QED) is 0.217. The second-order valence-electron chi connectivity index (χ2n) is 16.7. The van der Waals surface area contributed by atoms with Crippen molar-refractivity contribution in [2.75, 3.05) is 45.3 Å². The number of likely N-dealkylation sites (tertiary alicyclic amines) is 1. The number of nitrogens with two attached hydrogens (primary N) is 1. The molecule has 2 saturated carbocycles. The summed E-state index contributed by atoms with van der Waals surface area (Å²) in [5.41, 5.74) is 6.82. The number of pyridine rings is 1. The summed E-state index contributed by atoms with van der Waals surface area (Å²) < 4.78 is 24.3. The van der Waals surface area contributed by atoms with Gasteiger partial charge in [0.1, 0.15) is 53.1 Å². The van der Waals surface area contributed by atoms with Gasteiger partial charge in [-0.25, -0.2) is 14.8 Å². The fourth-order valence-electron chi connectivity index (χ4n) is 7.80. The number of carbonyl (C=O) groups is 3. The van der Waals surface area contributed by atoms with Crippen LogP contribution in [0.1, 0.15) is 60.3 Å². The van der Waals surface area contributed by atoms with Crippen molar-refractivity contribution in [3.05, 3.63) is 28.6 Å². The number of likely N-dealkylation sites (N-methyl/N-ethyl adjacent to an activating group) is 1. The van der Waals surface area contributed by atoms with E-state index < -0.39 is 41.5 Å². The van der Waals surface area contributed by atoms with Crippen molar-refractivity contribution < 1.29 is 33.3 Å². The normalized spacial score (nSPS) is 25.8. The van der Waals surface area contributed by atoms with E-state index in [0.717, 1.165) is 24.5 Å². The average Bonchev–Trinajstić information content (AvgIpc) is 3.44. The molecule has 3 aromatic rings. The number of primary amides is 1. The van der Waals surface area contributed by atoms with E-state index in [-0.39, 0.29) is 31.2 Å². The van der Waals surface area contributed by atoms with Crippen molar-refractivity contribution >= 4 is 56.9 Å². The highest BCUT2D eigenvalue weighted by molar-refractivity contribution is 7.14. The highest BCUT2D eigenvalue weighted by Crippen LogP contribution is 2.52. The number of alkyl carbamates (subject to hydrolysis) is 1. The maximum Gasteiger partial charge on any atom is 0.408 e. The van der Waals surface area contributed by atoms with Crippen LogP contribution in [0.4, 0.5) is 9.93 Å². The van der Waals surface area contributed by atoms with E-state index in [1.165, 1.54) is 22.7 Å². The van der Waals surface area contributed by atoms with Gasteiger partial charge in [-0.1, -0.05) is 32.4 Å². The van der Waals surface area contributed by atoms with Crippen LogP contribution in [0.15, 0.2) is 23.6 Å². The lowest BCUT2D eigenvalue weighted by atomic mass is 9.85. The molecular formula is C39H52ClN7O7S. The molecule has 1 aromatic carbocycles. The van der Waals surface area contributed by atoms with Crippen LogP contribution >= 0.6 is 22.9 Å². The van der Waals surface area contributed by atoms with Crippen LogP contribution in [0.2, 0.25) is 5.02 Å². The number of aromatic nitrogens is 2. The Morgan fingerprint density at radius 1 is 1.07 bits per heavy atom. The molecule has 0 radical (unpaired) electrons. The molecule has 4 heterocycles. The highest BCUT2D eigenvalue weighted by atomic mass is 35.5. The summed E-state index contributed by atoms with van der Waals surface area (Å²) in [7, 11) is 2.04. The van der Waals surface area contributed by atoms with Gasteiger partial charge in [-0.2, -0.15) is 0 Å². The van der Waals surface area contributed by atoms with Gasteiger partial charge in [0.05, 0.1) is 37.0 Å². The Morgan fingerprint density at radius 3 is 2.53 bits per heavy atom. The molecule has 2 aliphatic carbocycles. The number of benzene rings is 1. The zero-order chi connectivity index (χ0) is 39.2. The lowest BCUT2D eigenvalue weighted by Crippen LogP contribution is -2.57. The number of carbonyl (C=O) groups excluding carboxylic acids is 3. The van der Waals surface area contributed by atoms with E-state index in [0.29, 0.717) is 70.5 Å². The maximum absolute atomic E-state index is 14.3. The number of anilines is 1. The smallest absolute Gasteiger partial charge is 0.408 e. The maximum atomic E-state index is 14.3. The number of thiazole rings is 1. The SMILES string of the molecule is CC(C)Nc1nc(-c2cc(O[C@@H]3C[C@@H](C(N)=O)N(C(=O)[C@@H](NC(=O)OC4CC5C[C@@H]5C4)C(C)(C)C)C3)c3ccc(OC[C@H]4COCCN4C)c(Cl)c3n2)cs1. The third-order valence-electron chi connectivity index (χ3n) is 11.0. The number of hydrogen-bond donors (Lipinski definition) is 3. The number of nitrogens with one attached hydrogen (secondary N) is 2. The summed E-state index contributed by atoms with van der Waals surface area (Å²) in [6.07, 6.45) is 1.67. The Hall–Kier alpha value is -3.92. The molecular weight excluding hydrogens is 746 g/mol. The number of rotatable bonds is 12. The molecule has 2 unspecified atom stereocenters. The lowest BCUT2D eigenvalue weighted by Gasteiger charge is -2.35. The first-order valence-corrected chi connectivity index (χ1v) is 20.4. The zero-order valence-corrected chi connectivity index (χ0v) is 33.9. The molecule has 298 valence electrons. The van der Waals surface area contributed by atoms with Crippen LogP contribution < -0.4 is 25.8 Å². The minimum atomic E-state index is -0.972. The molecule has 3 amide bonds. The van der Waals surface area contributed by atoms with Gasteiger partial charge >= 0.3 is 6.09 Å². The van der Waals surface area contributed by atoms with Crippen LogP contribution in [-0.4, -0.2) is 114 Å². The highest BCUT2D eigenvalue weighted by Gasteiger charge is 2.48. The topological polar surface area (TPSA) is 170 Å². The van der Waals surface area contributed by atoms with Crippen molar-refractivity contribution in [3.8, 4) is 22.9 Å². The van der Waals surface area contributed by atoms with Gasteiger partial charge in [-0.15, -0.1) is 11.3 Å². The molecule has 4 N–H and O–H groups in total. The van der Waals surface area contributed by atoms with Crippen molar-refractivity contribution in [1.82, 2.24) is 25.1 Å². The number of morpholine rings is 1. The molecule has 55 heavy (non-hydrogen) atoms. The van der Waals surface area contributed by atoms with Gasteiger partial charge in [0.2, 0.25) is 11.8 Å². The molecule has 7 rings (SSSR count). The average molecular weight is 798 g/mol. The fourth-order valence-corrected chi connectivity index (χ4v) is 8.91. The van der Waals surface area contributed by atoms with E-state index >= 15 is 0 Å². The van der Waals surface area contributed by atoms with Crippen LogP contribution in [-0.2, 0) is 19.1 Å². The first-order valence-electron chi connectivity index (χ1n) is 19.1. The number of nitrogens with zero attached hydrogens (tertiary/aromatic N) is 4. The minimum Gasteiger partial charge on any atom is -0.490 e. The molecule has 7 atom stereocenters. The van der Waals surface area contributed by atoms with E-state index in [4.69, 9.17) is 46.3 Å². The lowest BCUT2D eigenvalue weighted by molar-refractivity contribution is -0.141. The molecule has 14 nitrogen and oxygen atoms in total. The van der Waals surface area contributed by atoms with Gasteiger partial charge in [0, 0.05) is 35.8 Å². The second kappa shape index (κ2) is 15.9. The van der Waals surface area contributed by atoms with Crippen molar-refractivity contribution in [2.24, 2.45) is 23.0 Å². The molecule has 4 fully saturated rings. The largest absolute Gasteiger partial charge is 0.490 e. The Labute approximate surface area is 330 Å². The Kier molecular flexibility index (Phi) is 11.4. The molecule has 2 aliphatic heterocycles.